The van der Waals surface area contributed by atoms with E-state index in [4.69, 9.17) is 4.42 Å². The third-order valence-corrected chi connectivity index (χ3v) is 4.29. The maximum Gasteiger partial charge on any atom is 0.312 e. The van der Waals surface area contributed by atoms with E-state index >= 15 is 0 Å². The fourth-order valence-electron chi connectivity index (χ4n) is 3.00. The molecule has 2 aromatic heterocycles. The van der Waals surface area contributed by atoms with Gasteiger partial charge in [-0.25, -0.2) is 0 Å². The molecule has 27 heavy (non-hydrogen) atoms. The lowest BCUT2D eigenvalue weighted by Gasteiger charge is -2.08. The van der Waals surface area contributed by atoms with E-state index in [1.54, 1.807) is 24.3 Å². The molecule has 0 bridgehead atoms. The van der Waals surface area contributed by atoms with Crippen molar-refractivity contribution in [1.82, 2.24) is 4.98 Å². The van der Waals surface area contributed by atoms with Crippen LogP contribution in [0.15, 0.2) is 63.8 Å². The molecule has 0 spiro atoms. The van der Waals surface area contributed by atoms with Gasteiger partial charge in [0, 0.05) is 12.6 Å². The fourth-order valence-corrected chi connectivity index (χ4v) is 3.00. The number of hydrogen-bond acceptors (Lipinski definition) is 6. The summed E-state index contributed by atoms with van der Waals surface area (Å²) in [5.74, 6) is 0.0624. The van der Waals surface area contributed by atoms with Crippen LogP contribution in [0, 0.1) is 17.0 Å². The molecule has 0 radical (unpaired) electrons. The average molecular weight is 361 g/mol. The van der Waals surface area contributed by atoms with E-state index in [0.29, 0.717) is 17.5 Å². The summed E-state index contributed by atoms with van der Waals surface area (Å²) < 4.78 is 5.70. The van der Waals surface area contributed by atoms with Crippen LogP contribution in [0.25, 0.3) is 22.1 Å². The highest BCUT2D eigenvalue weighted by Crippen LogP contribution is 2.28. The molecule has 1 N–H and O–H groups in total. The maximum atomic E-state index is 12.6. The first kappa shape index (κ1) is 16.7. The second-order valence-corrected chi connectivity index (χ2v) is 6.24. The van der Waals surface area contributed by atoms with Crippen molar-refractivity contribution < 1.29 is 9.34 Å². The molecule has 2 aromatic carbocycles. The molecule has 0 saturated heterocycles. The van der Waals surface area contributed by atoms with Crippen LogP contribution in [0.1, 0.15) is 11.1 Å². The second-order valence-electron chi connectivity index (χ2n) is 6.24. The standard InChI is InChI=1S/C20H15N3O4/c1-12-5-4-6-13(9-12)11-21-19-16(23(25)26)10-15-18(24)14-7-2-3-8-17(14)27-20(15)22-19/h2-10H,11H2,1H3,(H,21,22). The largest absolute Gasteiger partial charge is 0.437 e. The van der Waals surface area contributed by atoms with E-state index < -0.39 is 4.92 Å². The number of fused-ring (bicyclic) bond motifs is 2. The van der Waals surface area contributed by atoms with Gasteiger partial charge in [0.25, 0.3) is 0 Å². The SMILES string of the molecule is Cc1cccc(CNc2nc3oc4ccccc4c(=O)c3cc2[N+](=O)[O-])c1. The smallest absolute Gasteiger partial charge is 0.312 e. The summed E-state index contributed by atoms with van der Waals surface area (Å²) in [4.78, 5) is 27.8. The van der Waals surface area contributed by atoms with Crippen molar-refractivity contribution in [1.29, 1.82) is 0 Å². The monoisotopic (exact) mass is 361 g/mol. The van der Waals surface area contributed by atoms with Gasteiger partial charge in [-0.2, -0.15) is 4.98 Å². The van der Waals surface area contributed by atoms with Crippen molar-refractivity contribution in [3.8, 4) is 0 Å². The van der Waals surface area contributed by atoms with Gasteiger partial charge in [-0.3, -0.25) is 14.9 Å². The minimum absolute atomic E-state index is 0.0624. The molecule has 0 saturated carbocycles. The Morgan fingerprint density at radius 2 is 1.93 bits per heavy atom. The molecule has 0 amide bonds. The van der Waals surface area contributed by atoms with Gasteiger partial charge in [-0.05, 0) is 24.6 Å². The van der Waals surface area contributed by atoms with Crippen molar-refractivity contribution in [3.05, 3.63) is 86.1 Å². The van der Waals surface area contributed by atoms with Gasteiger partial charge in [0.15, 0.2) is 0 Å². The molecular formula is C20H15N3O4. The van der Waals surface area contributed by atoms with E-state index in [1.807, 2.05) is 31.2 Å². The van der Waals surface area contributed by atoms with Crippen LogP contribution < -0.4 is 10.7 Å². The van der Waals surface area contributed by atoms with Gasteiger partial charge < -0.3 is 9.73 Å². The predicted molar refractivity (Wildman–Crippen MR) is 103 cm³/mol. The van der Waals surface area contributed by atoms with E-state index in [0.717, 1.165) is 11.1 Å². The molecule has 134 valence electrons. The van der Waals surface area contributed by atoms with Crippen molar-refractivity contribution in [2.24, 2.45) is 0 Å². The van der Waals surface area contributed by atoms with Crippen LogP contribution >= 0.6 is 0 Å². The van der Waals surface area contributed by atoms with Crippen LogP contribution in [0.5, 0.6) is 0 Å². The topological polar surface area (TPSA) is 98.3 Å². The lowest BCUT2D eigenvalue weighted by molar-refractivity contribution is -0.384. The average Bonchev–Trinajstić information content (AvgIpc) is 2.66. The first-order chi connectivity index (χ1) is 13.0. The Morgan fingerprint density at radius 1 is 1.11 bits per heavy atom. The summed E-state index contributed by atoms with van der Waals surface area (Å²) in [5.41, 5.74) is 1.90. The number of hydrogen-bond donors (Lipinski definition) is 1. The maximum absolute atomic E-state index is 12.6. The molecule has 4 rings (SSSR count). The molecule has 4 aromatic rings. The molecular weight excluding hydrogens is 346 g/mol. The highest BCUT2D eigenvalue weighted by atomic mass is 16.6. The molecule has 7 heteroatoms. The molecule has 0 aliphatic rings. The summed E-state index contributed by atoms with van der Waals surface area (Å²) in [7, 11) is 0. The second kappa shape index (κ2) is 6.53. The van der Waals surface area contributed by atoms with Gasteiger partial charge in [0.2, 0.25) is 17.0 Å². The Hall–Kier alpha value is -3.74. The number of nitro groups is 1. The number of para-hydroxylation sites is 1. The first-order valence-corrected chi connectivity index (χ1v) is 8.33. The zero-order valence-corrected chi connectivity index (χ0v) is 14.4. The Kier molecular flexibility index (Phi) is 4.04. The molecule has 0 unspecified atom stereocenters. The zero-order chi connectivity index (χ0) is 19.0. The summed E-state index contributed by atoms with van der Waals surface area (Å²) in [6, 6.07) is 15.8. The summed E-state index contributed by atoms with van der Waals surface area (Å²) >= 11 is 0. The van der Waals surface area contributed by atoms with Gasteiger partial charge in [-0.1, -0.05) is 42.0 Å². The van der Waals surface area contributed by atoms with Crippen LogP contribution in [0.4, 0.5) is 11.5 Å². The lowest BCUT2D eigenvalue weighted by Crippen LogP contribution is -2.08. The molecule has 2 heterocycles. The van der Waals surface area contributed by atoms with Gasteiger partial charge >= 0.3 is 5.69 Å². The van der Waals surface area contributed by atoms with Gasteiger partial charge in [0.1, 0.15) is 5.58 Å². The quantitative estimate of drug-likeness (QED) is 0.333. The number of pyridine rings is 1. The van der Waals surface area contributed by atoms with E-state index in [9.17, 15) is 14.9 Å². The van der Waals surface area contributed by atoms with Crippen molar-refractivity contribution >= 4 is 33.6 Å². The number of aryl methyl sites for hydroxylation is 1. The zero-order valence-electron chi connectivity index (χ0n) is 14.4. The Balaban J connectivity index is 1.83. The Labute approximate surface area is 153 Å². The van der Waals surface area contributed by atoms with Crippen LogP contribution in [-0.2, 0) is 6.54 Å². The van der Waals surface area contributed by atoms with Crippen LogP contribution in [0.3, 0.4) is 0 Å². The highest BCUT2D eigenvalue weighted by molar-refractivity contribution is 5.90. The van der Waals surface area contributed by atoms with Crippen molar-refractivity contribution in [3.63, 3.8) is 0 Å². The minimum Gasteiger partial charge on any atom is -0.437 e. The lowest BCUT2D eigenvalue weighted by atomic mass is 10.1. The fraction of sp³-hybridized carbons (Fsp3) is 0.100. The third kappa shape index (κ3) is 3.10. The number of rotatable bonds is 4. The van der Waals surface area contributed by atoms with Crippen LogP contribution in [0.2, 0.25) is 0 Å². The number of aromatic nitrogens is 1. The third-order valence-electron chi connectivity index (χ3n) is 4.29. The predicted octanol–water partition coefficient (Wildman–Crippen LogP) is 4.17. The Morgan fingerprint density at radius 3 is 2.70 bits per heavy atom. The number of benzene rings is 2. The molecule has 0 atom stereocenters. The van der Waals surface area contributed by atoms with Crippen molar-refractivity contribution in [2.45, 2.75) is 13.5 Å². The number of nitrogens with zero attached hydrogens (tertiary/aromatic N) is 2. The van der Waals surface area contributed by atoms with Gasteiger partial charge in [0.05, 0.1) is 15.7 Å². The number of nitrogens with one attached hydrogen (secondary N) is 1. The molecule has 0 aliphatic heterocycles. The normalized spacial score (nSPS) is 11.0. The van der Waals surface area contributed by atoms with Crippen molar-refractivity contribution in [2.75, 3.05) is 5.32 Å². The first-order valence-electron chi connectivity index (χ1n) is 8.33. The summed E-state index contributed by atoms with van der Waals surface area (Å²) in [6.45, 7) is 2.33. The van der Waals surface area contributed by atoms with Gasteiger partial charge in [-0.15, -0.1) is 0 Å². The minimum atomic E-state index is -0.556. The summed E-state index contributed by atoms with van der Waals surface area (Å²) in [6.07, 6.45) is 0. The Bertz CT molecular complexity index is 1250. The molecule has 0 aliphatic carbocycles. The summed E-state index contributed by atoms with van der Waals surface area (Å²) in [5, 5.41) is 14.9. The van der Waals surface area contributed by atoms with E-state index in [1.165, 1.54) is 6.07 Å². The number of anilines is 1. The van der Waals surface area contributed by atoms with Crippen LogP contribution in [-0.4, -0.2) is 9.91 Å². The molecule has 7 nitrogen and oxygen atoms in total. The van der Waals surface area contributed by atoms with E-state index in [2.05, 4.69) is 10.3 Å². The molecule has 0 fully saturated rings. The van der Waals surface area contributed by atoms with E-state index in [-0.39, 0.29) is 28.0 Å². The highest BCUT2D eigenvalue weighted by Gasteiger charge is 2.20.